The van der Waals surface area contributed by atoms with Gasteiger partial charge in [-0.25, -0.2) is 0 Å². The molecule has 4 heteroatoms. The minimum Gasteiger partial charge on any atom is -0.333 e. The molecule has 1 aromatic heterocycles. The van der Waals surface area contributed by atoms with Crippen molar-refractivity contribution in [1.29, 1.82) is 0 Å². The molecule has 2 heterocycles. The number of pyridine rings is 1. The standard InChI is InChI=1S/C25H29N3O/c1-19-18-28(25(29)23-14-9-15-26-16-23)20(2)17-27(19)24(21-10-5-3-6-11-21)22-12-7-4-8-13-22/h3,5-7,9-16,19-20,24H,4,8,17-18H2,1-2H3/t19-,20+,24?/m0/s1. The van der Waals surface area contributed by atoms with Crippen molar-refractivity contribution in [2.45, 2.75) is 44.8 Å². The first-order valence-electron chi connectivity index (χ1n) is 10.5. The Morgan fingerprint density at radius 1 is 1.03 bits per heavy atom. The number of benzene rings is 1. The van der Waals surface area contributed by atoms with E-state index in [1.807, 2.05) is 17.0 Å². The van der Waals surface area contributed by atoms with Gasteiger partial charge >= 0.3 is 0 Å². The van der Waals surface area contributed by atoms with Crippen LogP contribution in [0.5, 0.6) is 0 Å². The third-order valence-corrected chi connectivity index (χ3v) is 5.99. The van der Waals surface area contributed by atoms with Gasteiger partial charge in [0.25, 0.3) is 5.91 Å². The molecule has 1 amide bonds. The van der Waals surface area contributed by atoms with E-state index in [0.29, 0.717) is 5.56 Å². The Labute approximate surface area is 173 Å². The van der Waals surface area contributed by atoms with E-state index >= 15 is 0 Å². The molecule has 2 aliphatic rings. The lowest BCUT2D eigenvalue weighted by Crippen LogP contribution is -2.58. The third-order valence-electron chi connectivity index (χ3n) is 5.99. The molecule has 1 aromatic carbocycles. The first-order chi connectivity index (χ1) is 14.1. The van der Waals surface area contributed by atoms with Crippen molar-refractivity contribution in [3.63, 3.8) is 0 Å². The summed E-state index contributed by atoms with van der Waals surface area (Å²) < 4.78 is 0. The van der Waals surface area contributed by atoms with Crippen LogP contribution in [0.25, 0.3) is 0 Å². The van der Waals surface area contributed by atoms with E-state index in [9.17, 15) is 4.79 Å². The highest BCUT2D eigenvalue weighted by Gasteiger charge is 2.37. The number of hydrogen-bond acceptors (Lipinski definition) is 3. The molecule has 29 heavy (non-hydrogen) atoms. The monoisotopic (exact) mass is 387 g/mol. The number of amides is 1. The molecule has 1 aliphatic carbocycles. The van der Waals surface area contributed by atoms with Crippen LogP contribution in [0.4, 0.5) is 0 Å². The molecule has 1 saturated heterocycles. The maximum atomic E-state index is 13.0. The summed E-state index contributed by atoms with van der Waals surface area (Å²) in [5.41, 5.74) is 3.35. The van der Waals surface area contributed by atoms with Gasteiger partial charge in [0.05, 0.1) is 11.6 Å². The fraction of sp³-hybridized carbons (Fsp3) is 0.360. The fourth-order valence-corrected chi connectivity index (χ4v) is 4.50. The van der Waals surface area contributed by atoms with Crippen LogP contribution in [0.15, 0.2) is 78.7 Å². The van der Waals surface area contributed by atoms with Crippen molar-refractivity contribution in [2.24, 2.45) is 0 Å². The molecule has 4 rings (SSSR count). The lowest BCUT2D eigenvalue weighted by atomic mass is 9.90. The molecule has 0 N–H and O–H groups in total. The van der Waals surface area contributed by atoms with E-state index in [1.54, 1.807) is 12.4 Å². The van der Waals surface area contributed by atoms with E-state index < -0.39 is 0 Å². The highest BCUT2D eigenvalue weighted by molar-refractivity contribution is 5.94. The Kier molecular flexibility index (Phi) is 5.91. The smallest absolute Gasteiger partial charge is 0.255 e. The quantitative estimate of drug-likeness (QED) is 0.767. The molecule has 0 spiro atoms. The summed E-state index contributed by atoms with van der Waals surface area (Å²) in [4.78, 5) is 21.7. The molecule has 0 radical (unpaired) electrons. The Hall–Kier alpha value is -2.72. The van der Waals surface area contributed by atoms with Crippen molar-refractivity contribution in [3.05, 3.63) is 89.8 Å². The highest BCUT2D eigenvalue weighted by atomic mass is 16.2. The number of carbonyl (C=O) groups is 1. The number of carbonyl (C=O) groups excluding carboxylic acids is 1. The van der Waals surface area contributed by atoms with Crippen LogP contribution in [0.3, 0.4) is 0 Å². The van der Waals surface area contributed by atoms with Gasteiger partial charge in [0.1, 0.15) is 0 Å². The van der Waals surface area contributed by atoms with Gasteiger partial charge in [-0.3, -0.25) is 14.7 Å². The number of aromatic nitrogens is 1. The van der Waals surface area contributed by atoms with Crippen molar-refractivity contribution in [3.8, 4) is 0 Å². The molecule has 1 fully saturated rings. The largest absolute Gasteiger partial charge is 0.333 e. The third kappa shape index (κ3) is 4.18. The maximum Gasteiger partial charge on any atom is 0.255 e. The van der Waals surface area contributed by atoms with Crippen LogP contribution in [0.2, 0.25) is 0 Å². The second kappa shape index (κ2) is 8.75. The van der Waals surface area contributed by atoms with Crippen molar-refractivity contribution < 1.29 is 4.79 Å². The molecule has 2 aromatic rings. The molecule has 1 unspecified atom stereocenters. The van der Waals surface area contributed by atoms with Crippen LogP contribution in [0, 0.1) is 0 Å². The number of nitrogens with zero attached hydrogens (tertiary/aromatic N) is 3. The zero-order chi connectivity index (χ0) is 20.2. The normalized spacial score (nSPS) is 23.5. The van der Waals surface area contributed by atoms with Gasteiger partial charge in [0.2, 0.25) is 0 Å². The van der Waals surface area contributed by atoms with Crippen molar-refractivity contribution in [2.75, 3.05) is 13.1 Å². The van der Waals surface area contributed by atoms with Crippen molar-refractivity contribution >= 4 is 5.91 Å². The average molecular weight is 388 g/mol. The van der Waals surface area contributed by atoms with Crippen LogP contribution in [-0.2, 0) is 0 Å². The second-order valence-electron chi connectivity index (χ2n) is 8.09. The van der Waals surface area contributed by atoms with Gasteiger partial charge in [0.15, 0.2) is 0 Å². The maximum absolute atomic E-state index is 13.0. The first-order valence-corrected chi connectivity index (χ1v) is 10.5. The number of allylic oxidation sites excluding steroid dienone is 2. The van der Waals surface area contributed by atoms with Crippen LogP contribution < -0.4 is 0 Å². The fourth-order valence-electron chi connectivity index (χ4n) is 4.50. The summed E-state index contributed by atoms with van der Waals surface area (Å²) in [7, 11) is 0. The van der Waals surface area contributed by atoms with Gasteiger partial charge in [-0.05, 0) is 50.0 Å². The Bertz CT molecular complexity index is 891. The Balaban J connectivity index is 1.60. The van der Waals surface area contributed by atoms with Crippen LogP contribution in [0.1, 0.15) is 48.7 Å². The van der Waals surface area contributed by atoms with Gasteiger partial charge in [-0.15, -0.1) is 0 Å². The van der Waals surface area contributed by atoms with Gasteiger partial charge in [-0.2, -0.15) is 0 Å². The summed E-state index contributed by atoms with van der Waals surface area (Å²) in [5, 5.41) is 0. The summed E-state index contributed by atoms with van der Waals surface area (Å²) in [6, 6.07) is 15.0. The average Bonchev–Trinajstić information content (AvgIpc) is 2.78. The van der Waals surface area contributed by atoms with Gasteiger partial charge < -0.3 is 4.90 Å². The van der Waals surface area contributed by atoms with Gasteiger partial charge in [0, 0.05) is 37.6 Å². The minimum absolute atomic E-state index is 0.0742. The predicted octanol–water partition coefficient (Wildman–Crippen LogP) is 4.63. The van der Waals surface area contributed by atoms with E-state index in [2.05, 4.69) is 72.3 Å². The zero-order valence-corrected chi connectivity index (χ0v) is 17.2. The molecule has 4 nitrogen and oxygen atoms in total. The first kappa shape index (κ1) is 19.6. The SMILES string of the molecule is C[C@@H]1CN(C(C2=CCCC=C2)c2ccccc2)[C@@H](C)CN1C(=O)c1cccnc1. The summed E-state index contributed by atoms with van der Waals surface area (Å²) in [6.45, 7) is 5.95. The number of rotatable bonds is 4. The van der Waals surface area contributed by atoms with E-state index in [4.69, 9.17) is 0 Å². The molecule has 0 saturated carbocycles. The zero-order valence-electron chi connectivity index (χ0n) is 17.2. The van der Waals surface area contributed by atoms with E-state index in [-0.39, 0.29) is 24.0 Å². The topological polar surface area (TPSA) is 36.4 Å². The molecule has 1 aliphatic heterocycles. The lowest BCUT2D eigenvalue weighted by molar-refractivity contribution is 0.0207. The summed E-state index contributed by atoms with van der Waals surface area (Å²) in [6.07, 6.45) is 12.5. The lowest BCUT2D eigenvalue weighted by Gasteiger charge is -2.48. The summed E-state index contributed by atoms with van der Waals surface area (Å²) >= 11 is 0. The van der Waals surface area contributed by atoms with Gasteiger partial charge in [-0.1, -0.05) is 48.6 Å². The van der Waals surface area contributed by atoms with Crippen LogP contribution >= 0.6 is 0 Å². The Morgan fingerprint density at radius 2 is 1.86 bits per heavy atom. The predicted molar refractivity (Wildman–Crippen MR) is 117 cm³/mol. The molecule has 3 atom stereocenters. The van der Waals surface area contributed by atoms with E-state index in [0.717, 1.165) is 25.9 Å². The van der Waals surface area contributed by atoms with Crippen LogP contribution in [-0.4, -0.2) is 45.9 Å². The molecule has 150 valence electrons. The minimum atomic E-state index is 0.0742. The highest BCUT2D eigenvalue weighted by Crippen LogP contribution is 2.35. The van der Waals surface area contributed by atoms with E-state index in [1.165, 1.54) is 11.1 Å². The second-order valence-corrected chi connectivity index (χ2v) is 8.09. The molecular weight excluding hydrogens is 358 g/mol. The molecule has 0 bridgehead atoms. The Morgan fingerprint density at radius 3 is 2.55 bits per heavy atom. The molecular formula is C25H29N3O. The number of hydrogen-bond donors (Lipinski definition) is 0. The van der Waals surface area contributed by atoms with Crippen molar-refractivity contribution in [1.82, 2.24) is 14.8 Å². The summed E-state index contributed by atoms with van der Waals surface area (Å²) in [5.74, 6) is 0.0742. The number of piperazine rings is 1.